The summed E-state index contributed by atoms with van der Waals surface area (Å²) in [7, 11) is 0. The fourth-order valence-corrected chi connectivity index (χ4v) is 3.73. The first-order valence-electron chi connectivity index (χ1n) is 10.0. The maximum Gasteiger partial charge on any atom is 0.417 e. The second kappa shape index (κ2) is 8.11. The highest BCUT2D eigenvalue weighted by atomic mass is 19.4. The Morgan fingerprint density at radius 2 is 1.72 bits per heavy atom. The molecule has 4 rings (SSSR count). The van der Waals surface area contributed by atoms with Crippen LogP contribution in [0.1, 0.15) is 22.3 Å². The van der Waals surface area contributed by atoms with E-state index in [2.05, 4.69) is 15.3 Å². The average molecular weight is 438 g/mol. The third-order valence-corrected chi connectivity index (χ3v) is 5.24. The molecule has 2 heterocycles. The summed E-state index contributed by atoms with van der Waals surface area (Å²) in [6.45, 7) is 5.35. The molecule has 0 aliphatic carbocycles. The number of carbonyl (C=O) groups excluding carboxylic acids is 1. The molecule has 0 aliphatic heterocycles. The van der Waals surface area contributed by atoms with Crippen LogP contribution < -0.4 is 5.32 Å². The van der Waals surface area contributed by atoms with Crippen molar-refractivity contribution in [3.63, 3.8) is 0 Å². The molecule has 0 atom stereocenters. The standard InChI is InChI=1S/C24H21F3N4O/c1-14-11-19-23(28-12-14)31(13-20(32)30-21-15(2)7-6-8-16(21)3)22(29-19)17-9-4-5-10-18(17)24(25,26)27/h4-12H,13H2,1-3H3,(H,30,32). The first-order valence-corrected chi connectivity index (χ1v) is 10.0. The number of para-hydroxylation sites is 1. The molecule has 32 heavy (non-hydrogen) atoms. The summed E-state index contributed by atoms with van der Waals surface area (Å²) in [6.07, 6.45) is -2.97. The number of fused-ring (bicyclic) bond motifs is 1. The molecule has 4 aromatic rings. The number of anilines is 1. The lowest BCUT2D eigenvalue weighted by Crippen LogP contribution is -2.21. The summed E-state index contributed by atoms with van der Waals surface area (Å²) in [5.41, 5.74) is 3.14. The van der Waals surface area contributed by atoms with Crippen molar-refractivity contribution in [1.82, 2.24) is 14.5 Å². The molecule has 0 bridgehead atoms. The number of imidazole rings is 1. The molecule has 8 heteroatoms. The Morgan fingerprint density at radius 1 is 1.03 bits per heavy atom. The first-order chi connectivity index (χ1) is 15.1. The number of benzene rings is 2. The Labute approximate surface area is 182 Å². The monoisotopic (exact) mass is 438 g/mol. The van der Waals surface area contributed by atoms with Gasteiger partial charge in [0.1, 0.15) is 17.9 Å². The minimum atomic E-state index is -4.57. The predicted octanol–water partition coefficient (Wildman–Crippen LogP) is 5.68. The van der Waals surface area contributed by atoms with Gasteiger partial charge in [0.25, 0.3) is 0 Å². The molecule has 164 valence electrons. The molecule has 2 aromatic carbocycles. The zero-order valence-corrected chi connectivity index (χ0v) is 17.8. The van der Waals surface area contributed by atoms with Gasteiger partial charge in [-0.1, -0.05) is 36.4 Å². The highest BCUT2D eigenvalue weighted by Gasteiger charge is 2.35. The van der Waals surface area contributed by atoms with E-state index in [1.54, 1.807) is 12.3 Å². The lowest BCUT2D eigenvalue weighted by atomic mass is 10.1. The van der Waals surface area contributed by atoms with Crippen molar-refractivity contribution >= 4 is 22.8 Å². The number of alkyl halides is 3. The summed E-state index contributed by atoms with van der Waals surface area (Å²) in [5, 5.41) is 2.88. The zero-order valence-electron chi connectivity index (χ0n) is 17.8. The SMILES string of the molecule is Cc1cnc2c(c1)nc(-c1ccccc1C(F)(F)F)n2CC(=O)Nc1c(C)cccc1C. The Hall–Kier alpha value is -3.68. The molecule has 0 saturated heterocycles. The summed E-state index contributed by atoms with van der Waals surface area (Å²) in [4.78, 5) is 21.7. The van der Waals surface area contributed by atoms with Gasteiger partial charge in [0.2, 0.25) is 5.91 Å². The van der Waals surface area contributed by atoms with Crippen molar-refractivity contribution in [2.75, 3.05) is 5.32 Å². The normalized spacial score (nSPS) is 11.7. The van der Waals surface area contributed by atoms with Gasteiger partial charge in [-0.15, -0.1) is 0 Å². The second-order valence-corrected chi connectivity index (χ2v) is 7.74. The number of aryl methyl sites for hydroxylation is 3. The van der Waals surface area contributed by atoms with E-state index in [-0.39, 0.29) is 23.8 Å². The number of hydrogen-bond acceptors (Lipinski definition) is 3. The quantitative estimate of drug-likeness (QED) is 0.446. The number of carbonyl (C=O) groups is 1. The van der Waals surface area contributed by atoms with Gasteiger partial charge in [0.05, 0.1) is 5.56 Å². The van der Waals surface area contributed by atoms with E-state index in [0.29, 0.717) is 16.9 Å². The highest BCUT2D eigenvalue weighted by Crippen LogP contribution is 2.37. The fourth-order valence-electron chi connectivity index (χ4n) is 3.73. The van der Waals surface area contributed by atoms with E-state index in [4.69, 9.17) is 0 Å². The zero-order chi connectivity index (χ0) is 23.0. The van der Waals surface area contributed by atoms with E-state index < -0.39 is 11.7 Å². The number of pyridine rings is 1. The number of rotatable bonds is 4. The van der Waals surface area contributed by atoms with E-state index in [1.807, 2.05) is 39.0 Å². The summed E-state index contributed by atoms with van der Waals surface area (Å²) in [5.74, 6) is -0.336. The van der Waals surface area contributed by atoms with Crippen LogP contribution in [0, 0.1) is 20.8 Å². The summed E-state index contributed by atoms with van der Waals surface area (Å²) in [6, 6.07) is 12.6. The van der Waals surface area contributed by atoms with Gasteiger partial charge in [-0.25, -0.2) is 9.97 Å². The molecule has 0 saturated carbocycles. The number of aromatic nitrogens is 3. The Bertz CT molecular complexity index is 1300. The first kappa shape index (κ1) is 21.5. The third kappa shape index (κ3) is 4.08. The van der Waals surface area contributed by atoms with Gasteiger partial charge < -0.3 is 5.32 Å². The van der Waals surface area contributed by atoms with E-state index in [0.717, 1.165) is 22.8 Å². The lowest BCUT2D eigenvalue weighted by Gasteiger charge is -2.15. The summed E-state index contributed by atoms with van der Waals surface area (Å²) >= 11 is 0. The van der Waals surface area contributed by atoms with Gasteiger partial charge in [-0.2, -0.15) is 13.2 Å². The number of nitrogens with one attached hydrogen (secondary N) is 1. The van der Waals surface area contributed by atoms with Gasteiger partial charge in [0, 0.05) is 17.4 Å². The van der Waals surface area contributed by atoms with Crippen molar-refractivity contribution in [3.05, 3.63) is 77.0 Å². The van der Waals surface area contributed by atoms with Crippen LogP contribution in [0.15, 0.2) is 54.7 Å². The smallest absolute Gasteiger partial charge is 0.324 e. The van der Waals surface area contributed by atoms with Crippen molar-refractivity contribution in [2.45, 2.75) is 33.5 Å². The molecule has 0 unspecified atom stereocenters. The Balaban J connectivity index is 1.82. The molecule has 0 radical (unpaired) electrons. The molecule has 1 amide bonds. The minimum absolute atomic E-state index is 0.0441. The van der Waals surface area contributed by atoms with Crippen LogP contribution in [0.2, 0.25) is 0 Å². The number of halogens is 3. The van der Waals surface area contributed by atoms with Crippen LogP contribution in [-0.4, -0.2) is 20.4 Å². The topological polar surface area (TPSA) is 59.8 Å². The molecule has 5 nitrogen and oxygen atoms in total. The van der Waals surface area contributed by atoms with Crippen LogP contribution in [0.25, 0.3) is 22.6 Å². The predicted molar refractivity (Wildman–Crippen MR) is 117 cm³/mol. The molecule has 0 spiro atoms. The Morgan fingerprint density at radius 3 is 2.41 bits per heavy atom. The molecule has 2 aromatic heterocycles. The van der Waals surface area contributed by atoms with Gasteiger partial charge >= 0.3 is 6.18 Å². The second-order valence-electron chi connectivity index (χ2n) is 7.74. The number of nitrogens with zero attached hydrogens (tertiary/aromatic N) is 3. The molecule has 0 fully saturated rings. The summed E-state index contributed by atoms with van der Waals surface area (Å²) < 4.78 is 42.5. The number of amides is 1. The van der Waals surface area contributed by atoms with Crippen molar-refractivity contribution in [3.8, 4) is 11.4 Å². The fraction of sp³-hybridized carbons (Fsp3) is 0.208. The van der Waals surface area contributed by atoms with Gasteiger partial charge in [0.15, 0.2) is 5.65 Å². The van der Waals surface area contributed by atoms with Crippen LogP contribution >= 0.6 is 0 Å². The van der Waals surface area contributed by atoms with Crippen molar-refractivity contribution < 1.29 is 18.0 Å². The van der Waals surface area contributed by atoms with Gasteiger partial charge in [-0.05, 0) is 49.6 Å². The van der Waals surface area contributed by atoms with Crippen LogP contribution in [0.3, 0.4) is 0 Å². The third-order valence-electron chi connectivity index (χ3n) is 5.24. The van der Waals surface area contributed by atoms with Crippen molar-refractivity contribution in [2.24, 2.45) is 0 Å². The van der Waals surface area contributed by atoms with E-state index in [1.165, 1.54) is 22.8 Å². The van der Waals surface area contributed by atoms with Crippen LogP contribution in [0.5, 0.6) is 0 Å². The minimum Gasteiger partial charge on any atom is -0.324 e. The molecule has 0 aliphatic rings. The highest BCUT2D eigenvalue weighted by molar-refractivity contribution is 5.93. The van der Waals surface area contributed by atoms with Crippen molar-refractivity contribution in [1.29, 1.82) is 0 Å². The average Bonchev–Trinajstić information content (AvgIpc) is 3.07. The van der Waals surface area contributed by atoms with Crippen LogP contribution in [-0.2, 0) is 17.5 Å². The molecular weight excluding hydrogens is 417 g/mol. The largest absolute Gasteiger partial charge is 0.417 e. The number of hydrogen-bond donors (Lipinski definition) is 1. The van der Waals surface area contributed by atoms with E-state index in [9.17, 15) is 18.0 Å². The van der Waals surface area contributed by atoms with Gasteiger partial charge in [-0.3, -0.25) is 9.36 Å². The van der Waals surface area contributed by atoms with Crippen LogP contribution in [0.4, 0.5) is 18.9 Å². The Kier molecular flexibility index (Phi) is 5.46. The maximum atomic E-state index is 13.7. The van der Waals surface area contributed by atoms with E-state index >= 15 is 0 Å². The molecule has 1 N–H and O–H groups in total. The lowest BCUT2D eigenvalue weighted by molar-refractivity contribution is -0.137. The molecular formula is C24H21F3N4O. The maximum absolute atomic E-state index is 13.7.